The average molecular weight is 677 g/mol. The summed E-state index contributed by atoms with van der Waals surface area (Å²) in [6, 6.07) is 68.0. The minimum atomic E-state index is 0.686. The molecule has 10 aromatic rings. The fourth-order valence-corrected chi connectivity index (χ4v) is 7.55. The van der Waals surface area contributed by atoms with Crippen LogP contribution in [0.2, 0.25) is 0 Å². The zero-order valence-electron chi connectivity index (χ0n) is 28.8. The molecule has 0 aliphatic rings. The van der Waals surface area contributed by atoms with Crippen LogP contribution in [0.15, 0.2) is 199 Å². The van der Waals surface area contributed by atoms with Crippen LogP contribution in [0.3, 0.4) is 0 Å². The van der Waals surface area contributed by atoms with Crippen molar-refractivity contribution in [2.24, 2.45) is 0 Å². The Kier molecular flexibility index (Phi) is 7.47. The van der Waals surface area contributed by atoms with Crippen molar-refractivity contribution in [3.05, 3.63) is 194 Å². The molecule has 3 heteroatoms. The van der Waals surface area contributed by atoms with Gasteiger partial charge in [0.25, 0.3) is 0 Å². The first-order valence-corrected chi connectivity index (χ1v) is 17.9. The second kappa shape index (κ2) is 12.9. The first-order valence-electron chi connectivity index (χ1n) is 17.9. The van der Waals surface area contributed by atoms with Crippen molar-refractivity contribution in [2.45, 2.75) is 0 Å². The molecule has 0 aliphatic heterocycles. The van der Waals surface area contributed by atoms with Gasteiger partial charge in [0.15, 0.2) is 5.82 Å². The normalized spacial score (nSPS) is 11.4. The summed E-state index contributed by atoms with van der Waals surface area (Å²) in [4.78, 5) is 10.3. The third-order valence-corrected chi connectivity index (χ3v) is 10.1. The fraction of sp³-hybridized carbons (Fsp3) is 0. The lowest BCUT2D eigenvalue weighted by molar-refractivity contribution is 0.670. The number of furan rings is 1. The van der Waals surface area contributed by atoms with Crippen LogP contribution < -0.4 is 0 Å². The summed E-state index contributed by atoms with van der Waals surface area (Å²) in [5.41, 5.74) is 13.2. The average Bonchev–Trinajstić information content (AvgIpc) is 3.63. The largest absolute Gasteiger partial charge is 0.455 e. The van der Waals surface area contributed by atoms with E-state index in [0.717, 1.165) is 72.3 Å². The molecule has 2 aromatic heterocycles. The van der Waals surface area contributed by atoms with Gasteiger partial charge in [0.05, 0.1) is 11.4 Å². The Morgan fingerprint density at radius 1 is 0.302 bits per heavy atom. The second-order valence-electron chi connectivity index (χ2n) is 13.3. The minimum absolute atomic E-state index is 0.686. The summed E-state index contributed by atoms with van der Waals surface area (Å²) < 4.78 is 6.59. The van der Waals surface area contributed by atoms with Crippen molar-refractivity contribution in [3.8, 4) is 67.3 Å². The first kappa shape index (κ1) is 30.7. The lowest BCUT2D eigenvalue weighted by Gasteiger charge is -2.16. The van der Waals surface area contributed by atoms with Crippen LogP contribution in [-0.2, 0) is 0 Å². The molecule has 0 unspecified atom stereocenters. The highest BCUT2D eigenvalue weighted by molar-refractivity contribution is 6.10. The van der Waals surface area contributed by atoms with E-state index in [-0.39, 0.29) is 0 Å². The molecular weight excluding hydrogens is 645 g/mol. The number of hydrogen-bond acceptors (Lipinski definition) is 3. The van der Waals surface area contributed by atoms with E-state index in [2.05, 4.69) is 158 Å². The molecule has 53 heavy (non-hydrogen) atoms. The van der Waals surface area contributed by atoms with Crippen molar-refractivity contribution in [3.63, 3.8) is 0 Å². The zero-order valence-corrected chi connectivity index (χ0v) is 28.8. The summed E-state index contributed by atoms with van der Waals surface area (Å²) in [6.45, 7) is 0. The number of hydrogen-bond donors (Lipinski definition) is 0. The van der Waals surface area contributed by atoms with Crippen molar-refractivity contribution in [1.29, 1.82) is 0 Å². The van der Waals surface area contributed by atoms with Gasteiger partial charge in [-0.1, -0.05) is 164 Å². The predicted molar refractivity (Wildman–Crippen MR) is 219 cm³/mol. The number of fused-ring (bicyclic) bond motifs is 4. The number of aromatic nitrogens is 2. The SMILES string of the molecule is c1ccc(-c2cc(-c3cc(-c4ccc(-c5ccccc5)c5ccccc45)cc(-c4cccc5c4oc4ccccc45)c3)nc(-c3ccccc3)n2)cc1. The standard InChI is InChI=1S/C50H32N2O/c1-4-15-33(16-5-1)39-27-28-40(43-22-11-10-21-42(39)43)36-29-37(41-24-14-25-45-44-23-12-13-26-48(44)53-49(41)45)31-38(30-36)47-32-46(34-17-6-2-7-18-34)51-50(52-47)35-19-8-3-9-20-35/h1-32H. The lowest BCUT2D eigenvalue weighted by Crippen LogP contribution is -1.96. The van der Waals surface area contributed by atoms with Gasteiger partial charge in [-0.2, -0.15) is 0 Å². The number of para-hydroxylation sites is 2. The van der Waals surface area contributed by atoms with Crippen molar-refractivity contribution < 1.29 is 4.42 Å². The number of benzene rings is 8. The first-order chi connectivity index (χ1) is 26.3. The number of rotatable bonds is 6. The number of nitrogens with zero attached hydrogens (tertiary/aromatic N) is 2. The predicted octanol–water partition coefficient (Wildman–Crippen LogP) is 13.5. The van der Waals surface area contributed by atoms with E-state index in [1.165, 1.54) is 21.9 Å². The molecule has 3 nitrogen and oxygen atoms in total. The van der Waals surface area contributed by atoms with Gasteiger partial charge in [-0.3, -0.25) is 0 Å². The van der Waals surface area contributed by atoms with Crippen molar-refractivity contribution in [2.75, 3.05) is 0 Å². The van der Waals surface area contributed by atoms with Crippen LogP contribution in [0.4, 0.5) is 0 Å². The van der Waals surface area contributed by atoms with E-state index < -0.39 is 0 Å². The molecule has 0 amide bonds. The van der Waals surface area contributed by atoms with Gasteiger partial charge in [-0.05, 0) is 68.9 Å². The van der Waals surface area contributed by atoms with E-state index in [0.29, 0.717) is 5.82 Å². The summed E-state index contributed by atoms with van der Waals surface area (Å²) >= 11 is 0. The Morgan fingerprint density at radius 2 is 0.792 bits per heavy atom. The van der Waals surface area contributed by atoms with E-state index in [9.17, 15) is 0 Å². The summed E-state index contributed by atoms with van der Waals surface area (Å²) in [6.07, 6.45) is 0. The topological polar surface area (TPSA) is 38.9 Å². The molecule has 0 radical (unpaired) electrons. The summed E-state index contributed by atoms with van der Waals surface area (Å²) in [5, 5.41) is 4.61. The van der Waals surface area contributed by atoms with Crippen LogP contribution >= 0.6 is 0 Å². The van der Waals surface area contributed by atoms with E-state index in [1.54, 1.807) is 0 Å². The monoisotopic (exact) mass is 676 g/mol. The molecular formula is C50H32N2O. The van der Waals surface area contributed by atoms with Crippen LogP contribution in [0.25, 0.3) is 100.0 Å². The Hall–Kier alpha value is -7.10. The van der Waals surface area contributed by atoms with Gasteiger partial charge in [0.1, 0.15) is 11.2 Å². The summed E-state index contributed by atoms with van der Waals surface area (Å²) in [5.74, 6) is 0.686. The maximum atomic E-state index is 6.59. The highest BCUT2D eigenvalue weighted by Crippen LogP contribution is 2.42. The van der Waals surface area contributed by atoms with Crippen LogP contribution in [0, 0.1) is 0 Å². The Morgan fingerprint density at radius 3 is 1.47 bits per heavy atom. The van der Waals surface area contributed by atoms with Gasteiger partial charge < -0.3 is 4.42 Å². The second-order valence-corrected chi connectivity index (χ2v) is 13.3. The summed E-state index contributed by atoms with van der Waals surface area (Å²) in [7, 11) is 0. The maximum absolute atomic E-state index is 6.59. The molecule has 0 fully saturated rings. The Bertz CT molecular complexity index is 2870. The smallest absolute Gasteiger partial charge is 0.160 e. The lowest BCUT2D eigenvalue weighted by atomic mass is 9.89. The van der Waals surface area contributed by atoms with Crippen molar-refractivity contribution >= 4 is 32.7 Å². The minimum Gasteiger partial charge on any atom is -0.455 e. The van der Waals surface area contributed by atoms with Gasteiger partial charge in [0.2, 0.25) is 0 Å². The van der Waals surface area contributed by atoms with Crippen molar-refractivity contribution in [1.82, 2.24) is 9.97 Å². The van der Waals surface area contributed by atoms with Crippen LogP contribution in [-0.4, -0.2) is 9.97 Å². The van der Waals surface area contributed by atoms with Gasteiger partial charge >= 0.3 is 0 Å². The van der Waals surface area contributed by atoms with E-state index >= 15 is 0 Å². The molecule has 248 valence electrons. The molecule has 2 heterocycles. The third kappa shape index (κ3) is 5.56. The molecule has 0 saturated heterocycles. The highest BCUT2D eigenvalue weighted by atomic mass is 16.3. The molecule has 0 atom stereocenters. The molecule has 0 aliphatic carbocycles. The van der Waals surface area contributed by atoms with Crippen LogP contribution in [0.5, 0.6) is 0 Å². The van der Waals surface area contributed by atoms with Gasteiger partial charge in [-0.25, -0.2) is 9.97 Å². The Labute approximate surface area is 307 Å². The van der Waals surface area contributed by atoms with E-state index in [1.807, 2.05) is 36.4 Å². The third-order valence-electron chi connectivity index (χ3n) is 10.1. The Balaban J connectivity index is 1.25. The quantitative estimate of drug-likeness (QED) is 0.176. The van der Waals surface area contributed by atoms with E-state index in [4.69, 9.17) is 14.4 Å². The molecule has 10 rings (SSSR count). The van der Waals surface area contributed by atoms with Gasteiger partial charge in [-0.15, -0.1) is 0 Å². The van der Waals surface area contributed by atoms with Gasteiger partial charge in [0, 0.05) is 33.0 Å². The highest BCUT2D eigenvalue weighted by Gasteiger charge is 2.18. The molecule has 0 saturated carbocycles. The fourth-order valence-electron chi connectivity index (χ4n) is 7.55. The maximum Gasteiger partial charge on any atom is 0.160 e. The molecule has 0 spiro atoms. The van der Waals surface area contributed by atoms with Crippen LogP contribution in [0.1, 0.15) is 0 Å². The zero-order chi connectivity index (χ0) is 35.1. The molecule has 0 N–H and O–H groups in total. The molecule has 8 aromatic carbocycles. The molecule has 0 bridgehead atoms.